The molecule has 0 spiro atoms. The maximum Gasteiger partial charge on any atom is 0.271 e. The molecule has 7 nitrogen and oxygen atoms in total. The summed E-state index contributed by atoms with van der Waals surface area (Å²) in [6.07, 6.45) is 6.03. The Morgan fingerprint density at radius 1 is 1.04 bits per heavy atom. The summed E-state index contributed by atoms with van der Waals surface area (Å²) in [7, 11) is 0. The Kier molecular flexibility index (Phi) is 6.01. The SMILES string of the molecule is O=C(NCC1CCCO1)c1ccc(Nc2ccc(N3CCCCC3)cc2)nn1. The molecule has 0 bridgehead atoms. The Labute approximate surface area is 165 Å². The largest absolute Gasteiger partial charge is 0.376 e. The Morgan fingerprint density at radius 3 is 2.54 bits per heavy atom. The van der Waals surface area contributed by atoms with Crippen molar-refractivity contribution in [3.8, 4) is 0 Å². The number of carbonyl (C=O) groups excluding carboxylic acids is 1. The van der Waals surface area contributed by atoms with Crippen molar-refractivity contribution < 1.29 is 9.53 Å². The summed E-state index contributed by atoms with van der Waals surface area (Å²) in [5, 5.41) is 14.2. The fourth-order valence-electron chi connectivity index (χ4n) is 3.68. The van der Waals surface area contributed by atoms with E-state index >= 15 is 0 Å². The van der Waals surface area contributed by atoms with Crippen molar-refractivity contribution in [2.45, 2.75) is 38.2 Å². The van der Waals surface area contributed by atoms with Crippen LogP contribution < -0.4 is 15.5 Å². The van der Waals surface area contributed by atoms with Gasteiger partial charge in [-0.2, -0.15) is 0 Å². The van der Waals surface area contributed by atoms with Gasteiger partial charge in [-0.1, -0.05) is 0 Å². The monoisotopic (exact) mass is 381 g/mol. The summed E-state index contributed by atoms with van der Waals surface area (Å²) in [6, 6.07) is 11.8. The van der Waals surface area contributed by atoms with Crippen molar-refractivity contribution in [3.63, 3.8) is 0 Å². The third-order valence-electron chi connectivity index (χ3n) is 5.27. The molecule has 3 heterocycles. The second kappa shape index (κ2) is 9.01. The second-order valence-electron chi connectivity index (χ2n) is 7.37. The van der Waals surface area contributed by atoms with E-state index in [1.165, 1.54) is 24.9 Å². The zero-order chi connectivity index (χ0) is 19.2. The van der Waals surface area contributed by atoms with Gasteiger partial charge in [-0.05, 0) is 68.5 Å². The van der Waals surface area contributed by atoms with Gasteiger partial charge < -0.3 is 20.3 Å². The molecule has 2 aliphatic rings. The van der Waals surface area contributed by atoms with E-state index in [-0.39, 0.29) is 12.0 Å². The van der Waals surface area contributed by atoms with E-state index in [9.17, 15) is 4.79 Å². The molecule has 0 aliphatic carbocycles. The van der Waals surface area contributed by atoms with Crippen molar-refractivity contribution in [2.24, 2.45) is 0 Å². The maximum atomic E-state index is 12.2. The predicted molar refractivity (Wildman–Crippen MR) is 109 cm³/mol. The Bertz CT molecular complexity index is 766. The summed E-state index contributed by atoms with van der Waals surface area (Å²) < 4.78 is 5.51. The number of benzene rings is 1. The smallest absolute Gasteiger partial charge is 0.271 e. The molecule has 1 atom stereocenters. The lowest BCUT2D eigenvalue weighted by atomic mass is 10.1. The van der Waals surface area contributed by atoms with E-state index in [1.807, 2.05) is 12.1 Å². The highest BCUT2D eigenvalue weighted by molar-refractivity contribution is 5.92. The van der Waals surface area contributed by atoms with Crippen LogP contribution in [0.1, 0.15) is 42.6 Å². The van der Waals surface area contributed by atoms with E-state index < -0.39 is 0 Å². The summed E-state index contributed by atoms with van der Waals surface area (Å²) in [5.41, 5.74) is 2.52. The average Bonchev–Trinajstić information content (AvgIpc) is 3.27. The summed E-state index contributed by atoms with van der Waals surface area (Å²) in [6.45, 7) is 3.56. The molecule has 28 heavy (non-hydrogen) atoms. The first-order valence-corrected chi connectivity index (χ1v) is 10.1. The van der Waals surface area contributed by atoms with Crippen LogP contribution in [0.3, 0.4) is 0 Å². The van der Waals surface area contributed by atoms with Crippen molar-refractivity contribution in [1.29, 1.82) is 0 Å². The molecule has 4 rings (SSSR count). The Morgan fingerprint density at radius 2 is 1.86 bits per heavy atom. The van der Waals surface area contributed by atoms with E-state index in [1.54, 1.807) is 12.1 Å². The third kappa shape index (κ3) is 4.78. The van der Waals surface area contributed by atoms with Crippen LogP contribution in [0.4, 0.5) is 17.2 Å². The maximum absolute atomic E-state index is 12.2. The number of piperidine rings is 1. The number of hydrogen-bond acceptors (Lipinski definition) is 6. The average molecular weight is 381 g/mol. The molecule has 2 aliphatic heterocycles. The number of hydrogen-bond donors (Lipinski definition) is 2. The van der Waals surface area contributed by atoms with Crippen molar-refractivity contribution >= 4 is 23.1 Å². The summed E-state index contributed by atoms with van der Waals surface area (Å²) >= 11 is 0. The lowest BCUT2D eigenvalue weighted by molar-refractivity contribution is 0.0853. The fourth-order valence-corrected chi connectivity index (χ4v) is 3.68. The normalized spacial score (nSPS) is 19.4. The van der Waals surface area contributed by atoms with E-state index in [4.69, 9.17) is 4.74 Å². The number of ether oxygens (including phenoxy) is 1. The predicted octanol–water partition coefficient (Wildman–Crippen LogP) is 3.12. The lowest BCUT2D eigenvalue weighted by Gasteiger charge is -2.28. The zero-order valence-corrected chi connectivity index (χ0v) is 16.1. The number of nitrogens with zero attached hydrogens (tertiary/aromatic N) is 3. The molecule has 0 radical (unpaired) electrons. The van der Waals surface area contributed by atoms with Crippen molar-refractivity contribution in [2.75, 3.05) is 36.5 Å². The third-order valence-corrected chi connectivity index (χ3v) is 5.27. The molecule has 0 saturated carbocycles. The first-order chi connectivity index (χ1) is 13.8. The highest BCUT2D eigenvalue weighted by Gasteiger charge is 2.17. The van der Waals surface area contributed by atoms with Crippen LogP contribution in [-0.4, -0.2) is 48.4 Å². The van der Waals surface area contributed by atoms with Gasteiger partial charge in [-0.3, -0.25) is 4.79 Å². The van der Waals surface area contributed by atoms with Gasteiger partial charge in [0.2, 0.25) is 0 Å². The van der Waals surface area contributed by atoms with Crippen LogP contribution in [0, 0.1) is 0 Å². The zero-order valence-electron chi connectivity index (χ0n) is 16.1. The second-order valence-corrected chi connectivity index (χ2v) is 7.37. The van der Waals surface area contributed by atoms with Gasteiger partial charge in [0, 0.05) is 37.6 Å². The topological polar surface area (TPSA) is 79.4 Å². The van der Waals surface area contributed by atoms with Gasteiger partial charge in [0.05, 0.1) is 6.10 Å². The first-order valence-electron chi connectivity index (χ1n) is 10.1. The van der Waals surface area contributed by atoms with Crippen LogP contribution in [0.5, 0.6) is 0 Å². The molecular weight excluding hydrogens is 354 g/mol. The van der Waals surface area contributed by atoms with E-state index in [0.29, 0.717) is 18.1 Å². The number of amides is 1. The van der Waals surface area contributed by atoms with Gasteiger partial charge >= 0.3 is 0 Å². The van der Waals surface area contributed by atoms with Gasteiger partial charge in [0.25, 0.3) is 5.91 Å². The minimum atomic E-state index is -0.222. The molecule has 1 amide bonds. The molecule has 2 N–H and O–H groups in total. The van der Waals surface area contributed by atoms with Crippen LogP contribution in [0.15, 0.2) is 36.4 Å². The molecule has 1 aromatic carbocycles. The van der Waals surface area contributed by atoms with Crippen LogP contribution >= 0.6 is 0 Å². The van der Waals surface area contributed by atoms with Gasteiger partial charge in [0.15, 0.2) is 11.5 Å². The quantitative estimate of drug-likeness (QED) is 0.800. The highest BCUT2D eigenvalue weighted by Crippen LogP contribution is 2.23. The lowest BCUT2D eigenvalue weighted by Crippen LogP contribution is -2.32. The van der Waals surface area contributed by atoms with Crippen LogP contribution in [-0.2, 0) is 4.74 Å². The van der Waals surface area contributed by atoms with E-state index in [0.717, 1.165) is 38.2 Å². The number of carbonyl (C=O) groups is 1. The van der Waals surface area contributed by atoms with Crippen LogP contribution in [0.2, 0.25) is 0 Å². The van der Waals surface area contributed by atoms with Gasteiger partial charge in [-0.15, -0.1) is 10.2 Å². The van der Waals surface area contributed by atoms with Crippen molar-refractivity contribution in [1.82, 2.24) is 15.5 Å². The molecule has 148 valence electrons. The first kappa shape index (κ1) is 18.7. The molecule has 2 saturated heterocycles. The molecule has 2 aromatic rings. The van der Waals surface area contributed by atoms with Gasteiger partial charge in [0.1, 0.15) is 0 Å². The van der Waals surface area contributed by atoms with E-state index in [2.05, 4.69) is 37.9 Å². The molecule has 2 fully saturated rings. The number of nitrogens with one attached hydrogen (secondary N) is 2. The number of aromatic nitrogens is 2. The molecular formula is C21H27N5O2. The number of anilines is 3. The summed E-state index contributed by atoms with van der Waals surface area (Å²) in [4.78, 5) is 14.6. The highest BCUT2D eigenvalue weighted by atomic mass is 16.5. The molecule has 1 unspecified atom stereocenters. The molecule has 7 heteroatoms. The minimum absolute atomic E-state index is 0.116. The van der Waals surface area contributed by atoms with Crippen molar-refractivity contribution in [3.05, 3.63) is 42.1 Å². The minimum Gasteiger partial charge on any atom is -0.376 e. The molecule has 1 aromatic heterocycles. The Balaban J connectivity index is 1.30. The Hall–Kier alpha value is -2.67. The van der Waals surface area contributed by atoms with Crippen LogP contribution in [0.25, 0.3) is 0 Å². The standard InChI is InChI=1S/C21H27N5O2/c27-21(22-15-18-5-4-14-28-18)19-10-11-20(25-24-19)23-16-6-8-17(9-7-16)26-12-2-1-3-13-26/h6-11,18H,1-5,12-15H2,(H,22,27)(H,23,25). The van der Waals surface area contributed by atoms with Gasteiger partial charge in [-0.25, -0.2) is 0 Å². The summed E-state index contributed by atoms with van der Waals surface area (Å²) in [5.74, 6) is 0.391. The fraction of sp³-hybridized carbons (Fsp3) is 0.476. The number of rotatable bonds is 6.